The molecule has 0 saturated heterocycles. The third-order valence-corrected chi connectivity index (χ3v) is 5.90. The molecule has 1 aliphatic carbocycles. The standard InChI is InChI=1S/C22H27N7/c1-13(2)29-14(3)25-20-18(29)8-15(11-23-20)17-6-7-28-19(17)12-24-21(27-28)26-16-9-22(4,5)10-16/h6-8,11-13,16H,9-10H2,1-5H3,(H,26,27). The Balaban J connectivity index is 1.50. The predicted octanol–water partition coefficient (Wildman–Crippen LogP) is 4.63. The van der Waals surface area contributed by atoms with E-state index in [1.165, 1.54) is 0 Å². The molecule has 29 heavy (non-hydrogen) atoms. The number of imidazole rings is 1. The molecule has 0 spiro atoms. The molecule has 0 bridgehead atoms. The smallest absolute Gasteiger partial charge is 0.241 e. The number of fused-ring (bicyclic) bond motifs is 2. The molecule has 4 aromatic rings. The normalized spacial score (nSPS) is 16.6. The van der Waals surface area contributed by atoms with Crippen molar-refractivity contribution in [2.75, 3.05) is 5.32 Å². The maximum absolute atomic E-state index is 4.66. The molecule has 4 heterocycles. The Kier molecular flexibility index (Phi) is 3.91. The van der Waals surface area contributed by atoms with E-state index < -0.39 is 0 Å². The zero-order valence-corrected chi connectivity index (χ0v) is 17.6. The van der Waals surface area contributed by atoms with Crippen LogP contribution in [0, 0.1) is 12.3 Å². The van der Waals surface area contributed by atoms with Gasteiger partial charge in [0.2, 0.25) is 5.95 Å². The van der Waals surface area contributed by atoms with Crippen molar-refractivity contribution in [2.45, 2.75) is 59.5 Å². The molecule has 0 aliphatic heterocycles. The Morgan fingerprint density at radius 1 is 1.14 bits per heavy atom. The van der Waals surface area contributed by atoms with Gasteiger partial charge in [-0.2, -0.15) is 0 Å². The van der Waals surface area contributed by atoms with Gasteiger partial charge in [-0.1, -0.05) is 13.8 Å². The molecule has 0 amide bonds. The van der Waals surface area contributed by atoms with Gasteiger partial charge in [-0.3, -0.25) is 0 Å². The maximum Gasteiger partial charge on any atom is 0.241 e. The molecule has 0 unspecified atom stereocenters. The van der Waals surface area contributed by atoms with Crippen molar-refractivity contribution in [3.63, 3.8) is 0 Å². The minimum atomic E-state index is 0.330. The van der Waals surface area contributed by atoms with E-state index >= 15 is 0 Å². The molecule has 7 nitrogen and oxygen atoms in total. The predicted molar refractivity (Wildman–Crippen MR) is 115 cm³/mol. The summed E-state index contributed by atoms with van der Waals surface area (Å²) < 4.78 is 4.12. The van der Waals surface area contributed by atoms with Gasteiger partial charge < -0.3 is 9.88 Å². The molecule has 5 rings (SSSR count). The van der Waals surface area contributed by atoms with Gasteiger partial charge in [0.15, 0.2) is 5.65 Å². The number of hydrogen-bond acceptors (Lipinski definition) is 5. The number of aromatic nitrogens is 6. The number of nitrogens with zero attached hydrogens (tertiary/aromatic N) is 6. The Bertz CT molecular complexity index is 1210. The van der Waals surface area contributed by atoms with E-state index in [4.69, 9.17) is 0 Å². The fourth-order valence-electron chi connectivity index (χ4n) is 4.66. The van der Waals surface area contributed by atoms with E-state index in [-0.39, 0.29) is 0 Å². The minimum Gasteiger partial charge on any atom is -0.350 e. The Labute approximate surface area is 170 Å². The van der Waals surface area contributed by atoms with Crippen molar-refractivity contribution >= 4 is 22.6 Å². The lowest BCUT2D eigenvalue weighted by Gasteiger charge is -2.42. The Morgan fingerprint density at radius 2 is 1.93 bits per heavy atom. The van der Waals surface area contributed by atoms with Crippen LogP contribution in [-0.4, -0.2) is 35.2 Å². The first-order valence-corrected chi connectivity index (χ1v) is 10.3. The van der Waals surface area contributed by atoms with E-state index in [1.807, 2.05) is 30.0 Å². The number of nitrogens with one attached hydrogen (secondary N) is 1. The van der Waals surface area contributed by atoms with Crippen LogP contribution in [0.1, 0.15) is 52.4 Å². The highest BCUT2D eigenvalue weighted by atomic mass is 15.3. The van der Waals surface area contributed by atoms with Crippen LogP contribution < -0.4 is 5.32 Å². The van der Waals surface area contributed by atoms with Crippen LogP contribution in [0.2, 0.25) is 0 Å². The third kappa shape index (κ3) is 3.05. The topological polar surface area (TPSA) is 72.9 Å². The number of anilines is 1. The Hall–Kier alpha value is -2.96. The fourth-order valence-corrected chi connectivity index (χ4v) is 4.66. The molecule has 0 atom stereocenters. The van der Waals surface area contributed by atoms with Gasteiger partial charge in [-0.15, -0.1) is 5.10 Å². The summed E-state index contributed by atoms with van der Waals surface area (Å²) in [6.07, 6.45) is 8.07. The van der Waals surface area contributed by atoms with Gasteiger partial charge in [0.25, 0.3) is 0 Å². The van der Waals surface area contributed by atoms with Crippen molar-refractivity contribution in [3.05, 3.63) is 36.5 Å². The molecule has 7 heteroatoms. The van der Waals surface area contributed by atoms with Crippen molar-refractivity contribution in [3.8, 4) is 11.1 Å². The molecular formula is C22H27N7. The number of rotatable bonds is 4. The summed E-state index contributed by atoms with van der Waals surface area (Å²) >= 11 is 0. The summed E-state index contributed by atoms with van der Waals surface area (Å²) in [7, 11) is 0. The molecule has 150 valence electrons. The minimum absolute atomic E-state index is 0.330. The molecule has 1 N–H and O–H groups in total. The van der Waals surface area contributed by atoms with Crippen molar-refractivity contribution < 1.29 is 0 Å². The first-order chi connectivity index (χ1) is 13.8. The highest BCUT2D eigenvalue weighted by Crippen LogP contribution is 2.41. The SMILES string of the molecule is Cc1nc2ncc(-c3ccn4nc(NC5CC(C)(C)C5)ncc34)cc2n1C(C)C. The molecule has 0 radical (unpaired) electrons. The lowest BCUT2D eigenvalue weighted by Crippen LogP contribution is -2.41. The van der Waals surface area contributed by atoms with E-state index in [9.17, 15) is 0 Å². The number of aryl methyl sites for hydroxylation is 1. The summed E-state index contributed by atoms with van der Waals surface area (Å²) in [5.41, 5.74) is 5.36. The molecule has 1 fully saturated rings. The average Bonchev–Trinajstić information content (AvgIpc) is 3.19. The summed E-state index contributed by atoms with van der Waals surface area (Å²) in [6, 6.07) is 5.03. The average molecular weight is 390 g/mol. The summed E-state index contributed by atoms with van der Waals surface area (Å²) in [6.45, 7) is 11.0. The second kappa shape index (κ2) is 6.27. The second-order valence-electron chi connectivity index (χ2n) is 9.24. The molecule has 1 aliphatic rings. The highest BCUT2D eigenvalue weighted by molar-refractivity contribution is 5.85. The quantitative estimate of drug-likeness (QED) is 0.551. The van der Waals surface area contributed by atoms with E-state index in [2.05, 4.69) is 69.8 Å². The van der Waals surface area contributed by atoms with Crippen LogP contribution in [0.25, 0.3) is 27.8 Å². The van der Waals surface area contributed by atoms with Crippen LogP contribution in [0.5, 0.6) is 0 Å². The monoisotopic (exact) mass is 389 g/mol. The van der Waals surface area contributed by atoms with Crippen molar-refractivity contribution in [1.29, 1.82) is 0 Å². The third-order valence-electron chi connectivity index (χ3n) is 5.90. The second-order valence-corrected chi connectivity index (χ2v) is 9.24. The molecule has 4 aromatic heterocycles. The largest absolute Gasteiger partial charge is 0.350 e. The Morgan fingerprint density at radius 3 is 2.66 bits per heavy atom. The van der Waals surface area contributed by atoms with Gasteiger partial charge in [-0.05, 0) is 51.2 Å². The van der Waals surface area contributed by atoms with Crippen LogP contribution in [0.15, 0.2) is 30.7 Å². The molecule has 0 aromatic carbocycles. The van der Waals surface area contributed by atoms with Crippen LogP contribution in [0.4, 0.5) is 5.95 Å². The molecular weight excluding hydrogens is 362 g/mol. The summed E-state index contributed by atoms with van der Waals surface area (Å²) in [5, 5.41) is 8.11. The zero-order chi connectivity index (χ0) is 20.3. The fraction of sp³-hybridized carbons (Fsp3) is 0.455. The first kappa shape index (κ1) is 18.1. The first-order valence-electron chi connectivity index (χ1n) is 10.3. The van der Waals surface area contributed by atoms with E-state index in [0.29, 0.717) is 23.4 Å². The maximum atomic E-state index is 4.66. The van der Waals surface area contributed by atoms with Crippen molar-refractivity contribution in [2.24, 2.45) is 5.41 Å². The van der Waals surface area contributed by atoms with Crippen molar-refractivity contribution in [1.82, 2.24) is 29.1 Å². The summed E-state index contributed by atoms with van der Waals surface area (Å²) in [4.78, 5) is 13.8. The lowest BCUT2D eigenvalue weighted by molar-refractivity contribution is 0.167. The zero-order valence-electron chi connectivity index (χ0n) is 17.6. The van der Waals surface area contributed by atoms with E-state index in [1.54, 1.807) is 0 Å². The van der Waals surface area contributed by atoms with Gasteiger partial charge in [0.1, 0.15) is 5.82 Å². The van der Waals surface area contributed by atoms with E-state index in [0.717, 1.165) is 46.5 Å². The van der Waals surface area contributed by atoms with Gasteiger partial charge >= 0.3 is 0 Å². The van der Waals surface area contributed by atoms with Crippen LogP contribution in [-0.2, 0) is 0 Å². The van der Waals surface area contributed by atoms with Crippen LogP contribution in [0.3, 0.4) is 0 Å². The van der Waals surface area contributed by atoms with Gasteiger partial charge in [-0.25, -0.2) is 19.5 Å². The summed E-state index contributed by atoms with van der Waals surface area (Å²) in [5.74, 6) is 1.67. The number of pyridine rings is 1. The van der Waals surface area contributed by atoms with Crippen LogP contribution >= 0.6 is 0 Å². The molecule has 1 saturated carbocycles. The lowest BCUT2D eigenvalue weighted by atomic mass is 9.68. The highest BCUT2D eigenvalue weighted by Gasteiger charge is 2.36. The van der Waals surface area contributed by atoms with Gasteiger partial charge in [0.05, 0.1) is 17.2 Å². The number of hydrogen-bond donors (Lipinski definition) is 1. The van der Waals surface area contributed by atoms with Gasteiger partial charge in [0, 0.05) is 35.6 Å².